The Kier molecular flexibility index (Phi) is 3.93. The normalized spacial score (nSPS) is 24.0. The van der Waals surface area contributed by atoms with Crippen LogP contribution < -0.4 is 10.9 Å². The van der Waals surface area contributed by atoms with Crippen molar-refractivity contribution in [2.75, 3.05) is 19.8 Å². The number of hydrogen-bond acceptors (Lipinski definition) is 5. The van der Waals surface area contributed by atoms with Gasteiger partial charge in [0.1, 0.15) is 0 Å². The third-order valence-corrected chi connectivity index (χ3v) is 4.51. The van der Waals surface area contributed by atoms with Crippen LogP contribution in [-0.2, 0) is 4.74 Å². The van der Waals surface area contributed by atoms with Gasteiger partial charge in [0.2, 0.25) is 0 Å². The molecule has 1 N–H and O–H groups in total. The molecule has 120 valence electrons. The van der Waals surface area contributed by atoms with Crippen molar-refractivity contribution in [2.24, 2.45) is 5.92 Å². The third-order valence-electron chi connectivity index (χ3n) is 4.51. The van der Waals surface area contributed by atoms with Crippen molar-refractivity contribution in [1.82, 2.24) is 20.1 Å². The van der Waals surface area contributed by atoms with E-state index in [1.54, 1.807) is 29.2 Å². The monoisotopic (exact) mass is 312 g/mol. The topological polar surface area (TPSA) is 69.0 Å². The summed E-state index contributed by atoms with van der Waals surface area (Å²) in [5.41, 5.74) is 1.57. The quantitative estimate of drug-likeness (QED) is 0.900. The number of nitrogens with one attached hydrogen (secondary N) is 1. The Morgan fingerprint density at radius 2 is 2.17 bits per heavy atom. The van der Waals surface area contributed by atoms with Crippen LogP contribution in [0.1, 0.15) is 18.9 Å². The first-order valence-electron chi connectivity index (χ1n) is 8.12. The minimum atomic E-state index is -0.0913. The highest BCUT2D eigenvalue weighted by Crippen LogP contribution is 2.28. The minimum Gasteiger partial charge on any atom is -0.377 e. The van der Waals surface area contributed by atoms with Crippen LogP contribution >= 0.6 is 0 Å². The van der Waals surface area contributed by atoms with E-state index in [1.165, 1.54) is 12.8 Å². The predicted octanol–water partition coefficient (Wildman–Crippen LogP) is 1.24. The molecule has 2 aromatic rings. The number of nitrogens with zero attached hydrogens (tertiary/aromatic N) is 3. The fourth-order valence-electron chi connectivity index (χ4n) is 2.95. The molecule has 3 heterocycles. The van der Waals surface area contributed by atoms with Crippen LogP contribution in [0.2, 0.25) is 0 Å². The maximum absolute atomic E-state index is 12.3. The second kappa shape index (κ2) is 6.22. The summed E-state index contributed by atoms with van der Waals surface area (Å²) in [7, 11) is 0. The number of rotatable bonds is 5. The highest BCUT2D eigenvalue weighted by molar-refractivity contribution is 5.56. The zero-order valence-electron chi connectivity index (χ0n) is 12.9. The summed E-state index contributed by atoms with van der Waals surface area (Å²) >= 11 is 0. The Balaban J connectivity index is 1.60. The van der Waals surface area contributed by atoms with E-state index in [0.717, 1.165) is 23.7 Å². The smallest absolute Gasteiger partial charge is 0.267 e. The maximum Gasteiger partial charge on any atom is 0.267 e. The molecular formula is C17H20N4O2. The second-order valence-corrected chi connectivity index (χ2v) is 6.31. The van der Waals surface area contributed by atoms with Gasteiger partial charge in [-0.15, -0.1) is 0 Å². The molecule has 23 heavy (non-hydrogen) atoms. The lowest BCUT2D eigenvalue weighted by Gasteiger charge is -2.20. The average Bonchev–Trinajstić information content (AvgIpc) is 3.31. The molecule has 1 saturated heterocycles. The molecule has 1 saturated carbocycles. The molecule has 0 aromatic carbocycles. The van der Waals surface area contributed by atoms with E-state index in [2.05, 4.69) is 15.4 Å². The van der Waals surface area contributed by atoms with Crippen LogP contribution in [0.5, 0.6) is 0 Å². The molecule has 0 radical (unpaired) electrons. The Morgan fingerprint density at radius 3 is 2.96 bits per heavy atom. The molecule has 6 heteroatoms. The molecule has 0 amide bonds. The van der Waals surface area contributed by atoms with Crippen LogP contribution in [0.15, 0.2) is 41.5 Å². The number of hydrogen-bond donors (Lipinski definition) is 1. The summed E-state index contributed by atoms with van der Waals surface area (Å²) < 4.78 is 7.17. The summed E-state index contributed by atoms with van der Waals surface area (Å²) in [4.78, 5) is 16.4. The van der Waals surface area contributed by atoms with Crippen molar-refractivity contribution >= 4 is 0 Å². The van der Waals surface area contributed by atoms with E-state index in [4.69, 9.17) is 4.74 Å². The average molecular weight is 312 g/mol. The first kappa shape index (κ1) is 14.5. The molecule has 2 atom stereocenters. The van der Waals surface area contributed by atoms with Gasteiger partial charge in [0.15, 0.2) is 0 Å². The summed E-state index contributed by atoms with van der Waals surface area (Å²) in [6.07, 6.45) is 6.09. The van der Waals surface area contributed by atoms with E-state index in [1.807, 2.05) is 12.1 Å². The molecule has 2 aromatic heterocycles. The highest BCUT2D eigenvalue weighted by atomic mass is 16.5. The Morgan fingerprint density at radius 1 is 1.26 bits per heavy atom. The molecule has 1 aliphatic heterocycles. The molecule has 2 aliphatic rings. The van der Waals surface area contributed by atoms with E-state index in [0.29, 0.717) is 13.2 Å². The van der Waals surface area contributed by atoms with Crippen molar-refractivity contribution in [3.8, 4) is 11.3 Å². The molecule has 2 fully saturated rings. The maximum atomic E-state index is 12.3. The van der Waals surface area contributed by atoms with Crippen LogP contribution in [0.25, 0.3) is 11.3 Å². The van der Waals surface area contributed by atoms with E-state index in [-0.39, 0.29) is 17.6 Å². The van der Waals surface area contributed by atoms with E-state index in [9.17, 15) is 4.79 Å². The van der Waals surface area contributed by atoms with Gasteiger partial charge in [0, 0.05) is 24.0 Å². The van der Waals surface area contributed by atoms with Gasteiger partial charge in [-0.3, -0.25) is 9.78 Å². The number of pyridine rings is 1. The summed E-state index contributed by atoms with van der Waals surface area (Å²) in [5.74, 6) is 0.794. The number of aromatic nitrogens is 3. The molecule has 0 spiro atoms. The summed E-state index contributed by atoms with van der Waals surface area (Å²) in [5, 5.41) is 8.10. The molecule has 4 rings (SSSR count). The van der Waals surface area contributed by atoms with Gasteiger partial charge in [0.05, 0.1) is 31.0 Å². The van der Waals surface area contributed by atoms with Gasteiger partial charge < -0.3 is 10.1 Å². The Labute approximate surface area is 134 Å². The largest absolute Gasteiger partial charge is 0.377 e. The van der Waals surface area contributed by atoms with Gasteiger partial charge in [-0.05, 0) is 43.5 Å². The Bertz CT molecular complexity index is 727. The minimum absolute atomic E-state index is 0.0575. The highest BCUT2D eigenvalue weighted by Gasteiger charge is 2.32. The summed E-state index contributed by atoms with van der Waals surface area (Å²) in [6, 6.07) is 7.22. The van der Waals surface area contributed by atoms with Crippen molar-refractivity contribution in [1.29, 1.82) is 0 Å². The molecule has 0 bridgehead atoms. The fourth-order valence-corrected chi connectivity index (χ4v) is 2.95. The zero-order chi connectivity index (χ0) is 15.6. The van der Waals surface area contributed by atoms with Crippen LogP contribution in [0.3, 0.4) is 0 Å². The molecule has 2 unspecified atom stereocenters. The second-order valence-electron chi connectivity index (χ2n) is 6.31. The van der Waals surface area contributed by atoms with Gasteiger partial charge in [-0.2, -0.15) is 5.10 Å². The van der Waals surface area contributed by atoms with E-state index < -0.39 is 0 Å². The predicted molar refractivity (Wildman–Crippen MR) is 86.1 cm³/mol. The van der Waals surface area contributed by atoms with Gasteiger partial charge in [-0.1, -0.05) is 0 Å². The van der Waals surface area contributed by atoms with Crippen LogP contribution in [-0.4, -0.2) is 40.6 Å². The van der Waals surface area contributed by atoms with Crippen LogP contribution in [0, 0.1) is 5.92 Å². The lowest BCUT2D eigenvalue weighted by atomic mass is 10.1. The first-order valence-corrected chi connectivity index (χ1v) is 8.12. The lowest BCUT2D eigenvalue weighted by Crippen LogP contribution is -2.42. The van der Waals surface area contributed by atoms with Crippen LogP contribution in [0.4, 0.5) is 0 Å². The number of ether oxygens (including phenoxy) is 1. The first-order chi connectivity index (χ1) is 11.3. The molecule has 6 nitrogen and oxygen atoms in total. The van der Waals surface area contributed by atoms with Crippen molar-refractivity contribution < 1.29 is 4.74 Å². The zero-order valence-corrected chi connectivity index (χ0v) is 12.9. The third kappa shape index (κ3) is 3.18. The van der Waals surface area contributed by atoms with Crippen molar-refractivity contribution in [2.45, 2.75) is 24.9 Å². The van der Waals surface area contributed by atoms with Gasteiger partial charge >= 0.3 is 0 Å². The van der Waals surface area contributed by atoms with Gasteiger partial charge in [0.25, 0.3) is 5.56 Å². The SMILES string of the molecule is O=c1ccc(-c2cccnc2)nn1C1COCC1NCC1CC1. The Hall–Kier alpha value is -2.05. The van der Waals surface area contributed by atoms with E-state index >= 15 is 0 Å². The molecular weight excluding hydrogens is 292 g/mol. The fraction of sp³-hybridized carbons (Fsp3) is 0.471. The summed E-state index contributed by atoms with van der Waals surface area (Å²) in [6.45, 7) is 2.15. The standard InChI is InChI=1S/C17H20N4O2/c22-17-6-5-14(13-2-1-7-18-9-13)20-21(17)16-11-23-10-15(16)19-8-12-3-4-12/h1-2,5-7,9,12,15-16,19H,3-4,8,10-11H2. The molecule has 1 aliphatic carbocycles. The lowest BCUT2D eigenvalue weighted by molar-refractivity contribution is 0.181. The van der Waals surface area contributed by atoms with Crippen molar-refractivity contribution in [3.05, 3.63) is 47.0 Å². The van der Waals surface area contributed by atoms with Crippen molar-refractivity contribution in [3.63, 3.8) is 0 Å². The van der Waals surface area contributed by atoms with Gasteiger partial charge in [-0.25, -0.2) is 4.68 Å².